The van der Waals surface area contributed by atoms with Crippen LogP contribution in [0.5, 0.6) is 0 Å². The van der Waals surface area contributed by atoms with E-state index in [1.807, 2.05) is 18.2 Å². The standard InChI is InChI=1S/C12H16ClNO/c13-11-4-1-3-10(7-11)8-12(14)5-2-6-15-9-12/h1,3-4,7H,2,5-6,8-9,14H2. The van der Waals surface area contributed by atoms with Gasteiger partial charge < -0.3 is 10.5 Å². The van der Waals surface area contributed by atoms with Gasteiger partial charge >= 0.3 is 0 Å². The minimum absolute atomic E-state index is 0.205. The molecular weight excluding hydrogens is 210 g/mol. The summed E-state index contributed by atoms with van der Waals surface area (Å²) in [4.78, 5) is 0. The Morgan fingerprint density at radius 2 is 2.33 bits per heavy atom. The third kappa shape index (κ3) is 2.94. The second kappa shape index (κ2) is 4.52. The fraction of sp³-hybridized carbons (Fsp3) is 0.500. The summed E-state index contributed by atoms with van der Waals surface area (Å²) in [7, 11) is 0. The summed E-state index contributed by atoms with van der Waals surface area (Å²) in [5.74, 6) is 0. The Labute approximate surface area is 95.4 Å². The zero-order valence-corrected chi connectivity index (χ0v) is 9.46. The van der Waals surface area contributed by atoms with Crippen molar-refractivity contribution in [3.05, 3.63) is 34.9 Å². The van der Waals surface area contributed by atoms with Gasteiger partial charge in [0.1, 0.15) is 0 Å². The zero-order valence-electron chi connectivity index (χ0n) is 8.71. The molecule has 1 unspecified atom stereocenters. The van der Waals surface area contributed by atoms with Crippen molar-refractivity contribution >= 4 is 11.6 Å². The molecule has 1 aromatic carbocycles. The lowest BCUT2D eigenvalue weighted by molar-refractivity contribution is 0.0382. The maximum atomic E-state index is 6.27. The largest absolute Gasteiger partial charge is 0.380 e. The first kappa shape index (κ1) is 10.9. The Morgan fingerprint density at radius 1 is 1.47 bits per heavy atom. The molecule has 2 rings (SSSR count). The molecule has 1 heterocycles. The van der Waals surface area contributed by atoms with E-state index in [0.29, 0.717) is 6.61 Å². The topological polar surface area (TPSA) is 35.2 Å². The van der Waals surface area contributed by atoms with Crippen LogP contribution in [-0.2, 0) is 11.2 Å². The molecule has 0 aliphatic carbocycles. The number of rotatable bonds is 2. The molecular formula is C12H16ClNO. The van der Waals surface area contributed by atoms with Gasteiger partial charge in [-0.15, -0.1) is 0 Å². The summed E-state index contributed by atoms with van der Waals surface area (Å²) in [6, 6.07) is 7.89. The summed E-state index contributed by atoms with van der Waals surface area (Å²) in [6.45, 7) is 1.49. The van der Waals surface area contributed by atoms with Crippen LogP contribution in [0.4, 0.5) is 0 Å². The average Bonchev–Trinajstić information content (AvgIpc) is 2.18. The van der Waals surface area contributed by atoms with Crippen molar-refractivity contribution in [1.29, 1.82) is 0 Å². The second-order valence-corrected chi connectivity index (χ2v) is 4.76. The molecule has 2 nitrogen and oxygen atoms in total. The van der Waals surface area contributed by atoms with Crippen molar-refractivity contribution in [3.8, 4) is 0 Å². The molecule has 0 amide bonds. The highest BCUT2D eigenvalue weighted by Gasteiger charge is 2.28. The Kier molecular flexibility index (Phi) is 3.29. The van der Waals surface area contributed by atoms with Gasteiger partial charge in [0.15, 0.2) is 0 Å². The maximum absolute atomic E-state index is 6.27. The summed E-state index contributed by atoms with van der Waals surface area (Å²) in [5.41, 5.74) is 7.26. The normalized spacial score (nSPS) is 26.5. The van der Waals surface area contributed by atoms with E-state index in [0.717, 1.165) is 30.9 Å². The lowest BCUT2D eigenvalue weighted by atomic mass is 9.87. The number of hydrogen-bond acceptors (Lipinski definition) is 2. The summed E-state index contributed by atoms with van der Waals surface area (Å²) in [5, 5.41) is 0.771. The first-order valence-electron chi connectivity index (χ1n) is 5.29. The Morgan fingerprint density at radius 3 is 3.00 bits per heavy atom. The van der Waals surface area contributed by atoms with Gasteiger partial charge in [-0.25, -0.2) is 0 Å². The summed E-state index contributed by atoms with van der Waals surface area (Å²) >= 11 is 5.94. The van der Waals surface area contributed by atoms with E-state index in [4.69, 9.17) is 22.1 Å². The van der Waals surface area contributed by atoms with Gasteiger partial charge in [-0.05, 0) is 37.0 Å². The molecule has 0 bridgehead atoms. The average molecular weight is 226 g/mol. The lowest BCUT2D eigenvalue weighted by Gasteiger charge is -2.33. The van der Waals surface area contributed by atoms with Crippen LogP contribution in [0.25, 0.3) is 0 Å². The van der Waals surface area contributed by atoms with Crippen molar-refractivity contribution < 1.29 is 4.74 Å². The summed E-state index contributed by atoms with van der Waals surface area (Å²) in [6.07, 6.45) is 2.92. The van der Waals surface area contributed by atoms with Crippen LogP contribution in [0.3, 0.4) is 0 Å². The van der Waals surface area contributed by atoms with Crippen LogP contribution in [-0.4, -0.2) is 18.8 Å². The van der Waals surface area contributed by atoms with Crippen molar-refractivity contribution in [1.82, 2.24) is 0 Å². The third-order valence-electron chi connectivity index (χ3n) is 2.80. The molecule has 15 heavy (non-hydrogen) atoms. The van der Waals surface area contributed by atoms with Crippen LogP contribution in [0, 0.1) is 0 Å². The van der Waals surface area contributed by atoms with E-state index in [2.05, 4.69) is 6.07 Å². The monoisotopic (exact) mass is 225 g/mol. The molecule has 0 saturated carbocycles. The fourth-order valence-corrected chi connectivity index (χ4v) is 2.28. The predicted molar refractivity (Wildman–Crippen MR) is 62.1 cm³/mol. The number of ether oxygens (including phenoxy) is 1. The van der Waals surface area contributed by atoms with E-state index >= 15 is 0 Å². The SMILES string of the molecule is NC1(Cc2cccc(Cl)c2)CCCOC1. The predicted octanol–water partition coefficient (Wildman–Crippen LogP) is 2.39. The van der Waals surface area contributed by atoms with Gasteiger partial charge in [0.05, 0.1) is 6.61 Å². The molecule has 1 aliphatic heterocycles. The minimum atomic E-state index is -0.205. The number of halogens is 1. The molecule has 1 fully saturated rings. The van der Waals surface area contributed by atoms with Crippen molar-refractivity contribution in [3.63, 3.8) is 0 Å². The van der Waals surface area contributed by atoms with Gasteiger partial charge in [-0.1, -0.05) is 23.7 Å². The van der Waals surface area contributed by atoms with Gasteiger partial charge in [-0.3, -0.25) is 0 Å². The second-order valence-electron chi connectivity index (χ2n) is 4.33. The van der Waals surface area contributed by atoms with Crippen molar-refractivity contribution in [2.24, 2.45) is 5.73 Å². The van der Waals surface area contributed by atoms with Crippen LogP contribution in [0.2, 0.25) is 5.02 Å². The molecule has 1 aliphatic rings. The zero-order chi connectivity index (χ0) is 10.7. The number of hydrogen-bond donors (Lipinski definition) is 1. The fourth-order valence-electron chi connectivity index (χ4n) is 2.07. The number of benzene rings is 1. The Balaban J connectivity index is 2.06. The molecule has 0 radical (unpaired) electrons. The van der Waals surface area contributed by atoms with E-state index < -0.39 is 0 Å². The quantitative estimate of drug-likeness (QED) is 0.839. The molecule has 0 spiro atoms. The van der Waals surface area contributed by atoms with Crippen LogP contribution >= 0.6 is 11.6 Å². The molecule has 1 atom stereocenters. The highest BCUT2D eigenvalue weighted by Crippen LogP contribution is 2.22. The highest BCUT2D eigenvalue weighted by atomic mass is 35.5. The molecule has 2 N–H and O–H groups in total. The maximum Gasteiger partial charge on any atom is 0.0649 e. The van der Waals surface area contributed by atoms with Gasteiger partial charge in [0.25, 0.3) is 0 Å². The minimum Gasteiger partial charge on any atom is -0.380 e. The molecule has 3 heteroatoms. The van der Waals surface area contributed by atoms with Crippen LogP contribution in [0.15, 0.2) is 24.3 Å². The van der Waals surface area contributed by atoms with E-state index in [9.17, 15) is 0 Å². The van der Waals surface area contributed by atoms with Crippen LogP contribution in [0.1, 0.15) is 18.4 Å². The Bertz CT molecular complexity index is 334. The smallest absolute Gasteiger partial charge is 0.0649 e. The van der Waals surface area contributed by atoms with Crippen molar-refractivity contribution in [2.75, 3.05) is 13.2 Å². The number of nitrogens with two attached hydrogens (primary N) is 1. The van der Waals surface area contributed by atoms with Crippen molar-refractivity contribution in [2.45, 2.75) is 24.8 Å². The molecule has 82 valence electrons. The lowest BCUT2D eigenvalue weighted by Crippen LogP contribution is -2.49. The molecule has 1 saturated heterocycles. The van der Waals surface area contributed by atoms with Gasteiger partial charge in [0, 0.05) is 17.2 Å². The van der Waals surface area contributed by atoms with E-state index in [1.54, 1.807) is 0 Å². The third-order valence-corrected chi connectivity index (χ3v) is 3.03. The summed E-state index contributed by atoms with van der Waals surface area (Å²) < 4.78 is 5.43. The first-order valence-corrected chi connectivity index (χ1v) is 5.67. The molecule has 1 aromatic rings. The van der Waals surface area contributed by atoms with E-state index in [-0.39, 0.29) is 5.54 Å². The molecule has 0 aromatic heterocycles. The Hall–Kier alpha value is -0.570. The van der Waals surface area contributed by atoms with E-state index in [1.165, 1.54) is 5.56 Å². The van der Waals surface area contributed by atoms with Gasteiger partial charge in [-0.2, -0.15) is 0 Å². The van der Waals surface area contributed by atoms with Crippen LogP contribution < -0.4 is 5.73 Å². The highest BCUT2D eigenvalue weighted by molar-refractivity contribution is 6.30. The van der Waals surface area contributed by atoms with Gasteiger partial charge in [0.2, 0.25) is 0 Å². The first-order chi connectivity index (χ1) is 7.18.